The molecule has 0 atom stereocenters. The van der Waals surface area contributed by atoms with Crippen molar-refractivity contribution in [1.82, 2.24) is 0 Å². The number of unbranched alkanes of at least 4 members (excludes halogenated alkanes) is 1. The van der Waals surface area contributed by atoms with Crippen LogP contribution >= 0.6 is 23.2 Å². The fourth-order valence-electron chi connectivity index (χ4n) is 1.35. The number of esters is 1. The van der Waals surface area contributed by atoms with Gasteiger partial charge >= 0.3 is 5.97 Å². The third-order valence-electron chi connectivity index (χ3n) is 2.25. The number of anilines is 1. The van der Waals surface area contributed by atoms with E-state index in [9.17, 15) is 4.79 Å². The summed E-state index contributed by atoms with van der Waals surface area (Å²) in [6, 6.07) is 2.94. The molecule has 6 heteroatoms. The Morgan fingerprint density at radius 2 is 1.94 bits per heavy atom. The number of methoxy groups -OCH3 is 1. The van der Waals surface area contributed by atoms with E-state index in [0.717, 1.165) is 12.8 Å². The summed E-state index contributed by atoms with van der Waals surface area (Å²) in [5, 5.41) is 0.399. The highest BCUT2D eigenvalue weighted by Crippen LogP contribution is 2.29. The number of ether oxygens (including phenoxy) is 2. The van der Waals surface area contributed by atoms with Crippen LogP contribution in [-0.4, -0.2) is 26.3 Å². The van der Waals surface area contributed by atoms with Crippen LogP contribution in [0.1, 0.15) is 23.2 Å². The molecule has 0 aliphatic rings. The maximum Gasteiger partial charge on any atom is 0.339 e. The zero-order valence-electron chi connectivity index (χ0n) is 10.0. The zero-order valence-corrected chi connectivity index (χ0v) is 11.6. The Hall–Kier alpha value is -0.970. The molecule has 1 rings (SSSR count). The lowest BCUT2D eigenvalue weighted by atomic mass is 10.2. The molecule has 1 aromatic carbocycles. The minimum absolute atomic E-state index is 0.160. The number of nitrogen functional groups attached to an aromatic ring is 1. The number of halogens is 2. The highest BCUT2D eigenvalue weighted by Gasteiger charge is 2.15. The van der Waals surface area contributed by atoms with E-state index in [1.54, 1.807) is 7.11 Å². The van der Waals surface area contributed by atoms with Crippen LogP contribution < -0.4 is 5.73 Å². The van der Waals surface area contributed by atoms with E-state index in [0.29, 0.717) is 18.9 Å². The normalized spacial score (nSPS) is 10.4. The van der Waals surface area contributed by atoms with Crippen LogP contribution in [0, 0.1) is 0 Å². The molecule has 0 amide bonds. The first-order chi connectivity index (χ1) is 8.56. The minimum Gasteiger partial charge on any atom is -0.462 e. The number of carbonyl (C=O) groups excluding carboxylic acids is 1. The van der Waals surface area contributed by atoms with E-state index in [-0.39, 0.29) is 15.6 Å². The molecular weight excluding hydrogens is 277 g/mol. The molecule has 0 aliphatic heterocycles. The Morgan fingerprint density at radius 1 is 1.28 bits per heavy atom. The second kappa shape index (κ2) is 7.46. The molecule has 0 fully saturated rings. The van der Waals surface area contributed by atoms with E-state index >= 15 is 0 Å². The molecule has 18 heavy (non-hydrogen) atoms. The van der Waals surface area contributed by atoms with Gasteiger partial charge in [-0.05, 0) is 25.0 Å². The van der Waals surface area contributed by atoms with Crippen LogP contribution in [0.5, 0.6) is 0 Å². The largest absolute Gasteiger partial charge is 0.462 e. The van der Waals surface area contributed by atoms with Gasteiger partial charge in [0.15, 0.2) is 0 Å². The smallest absolute Gasteiger partial charge is 0.339 e. The highest BCUT2D eigenvalue weighted by atomic mass is 35.5. The van der Waals surface area contributed by atoms with Crippen molar-refractivity contribution >= 4 is 34.9 Å². The first-order valence-electron chi connectivity index (χ1n) is 5.47. The minimum atomic E-state index is -0.522. The second-order valence-electron chi connectivity index (χ2n) is 3.70. The third kappa shape index (κ3) is 4.37. The van der Waals surface area contributed by atoms with Crippen molar-refractivity contribution in [1.29, 1.82) is 0 Å². The predicted octanol–water partition coefficient (Wildman–Crippen LogP) is 3.16. The SMILES string of the molecule is COCCCCOC(=O)c1cc(N)cc(Cl)c1Cl. The average molecular weight is 292 g/mol. The molecule has 0 radical (unpaired) electrons. The molecule has 100 valence electrons. The Balaban J connectivity index is 2.56. The van der Waals surface area contributed by atoms with Crippen LogP contribution in [-0.2, 0) is 9.47 Å². The molecule has 0 saturated heterocycles. The maximum atomic E-state index is 11.8. The van der Waals surface area contributed by atoms with Gasteiger partial charge < -0.3 is 15.2 Å². The zero-order chi connectivity index (χ0) is 13.5. The first kappa shape index (κ1) is 15.1. The van der Waals surface area contributed by atoms with Crippen LogP contribution in [0.25, 0.3) is 0 Å². The summed E-state index contributed by atoms with van der Waals surface area (Å²) in [6.07, 6.45) is 1.56. The Kier molecular flexibility index (Phi) is 6.25. The van der Waals surface area contributed by atoms with Crippen molar-refractivity contribution in [2.45, 2.75) is 12.8 Å². The standard InChI is InChI=1S/C12H15Cl2NO3/c1-17-4-2-3-5-18-12(16)9-6-8(15)7-10(13)11(9)14/h6-7H,2-5,15H2,1H3. The van der Waals surface area contributed by atoms with Gasteiger partial charge in [0.1, 0.15) is 0 Å². The van der Waals surface area contributed by atoms with Gasteiger partial charge in [-0.2, -0.15) is 0 Å². The lowest BCUT2D eigenvalue weighted by Crippen LogP contribution is -2.08. The first-order valence-corrected chi connectivity index (χ1v) is 6.22. The lowest BCUT2D eigenvalue weighted by molar-refractivity contribution is 0.0489. The molecule has 0 bridgehead atoms. The predicted molar refractivity (Wildman–Crippen MR) is 72.3 cm³/mol. The molecule has 0 aromatic heterocycles. The summed E-state index contributed by atoms with van der Waals surface area (Å²) < 4.78 is 9.96. The number of hydrogen-bond donors (Lipinski definition) is 1. The van der Waals surface area contributed by atoms with Crippen molar-refractivity contribution in [3.8, 4) is 0 Å². The fraction of sp³-hybridized carbons (Fsp3) is 0.417. The van der Waals surface area contributed by atoms with E-state index in [1.807, 2.05) is 0 Å². The molecule has 0 aliphatic carbocycles. The quantitative estimate of drug-likeness (QED) is 0.497. The Bertz CT molecular complexity index is 424. The molecule has 2 N–H and O–H groups in total. The topological polar surface area (TPSA) is 61.5 Å². The highest BCUT2D eigenvalue weighted by molar-refractivity contribution is 6.44. The monoisotopic (exact) mass is 291 g/mol. The fourth-order valence-corrected chi connectivity index (χ4v) is 1.76. The van der Waals surface area contributed by atoms with Gasteiger partial charge in [0.25, 0.3) is 0 Å². The van der Waals surface area contributed by atoms with Gasteiger partial charge in [-0.25, -0.2) is 4.79 Å². The lowest BCUT2D eigenvalue weighted by Gasteiger charge is -2.08. The van der Waals surface area contributed by atoms with Crippen molar-refractivity contribution < 1.29 is 14.3 Å². The van der Waals surface area contributed by atoms with Gasteiger partial charge in [-0.1, -0.05) is 23.2 Å². The van der Waals surface area contributed by atoms with Gasteiger partial charge in [-0.3, -0.25) is 0 Å². The van der Waals surface area contributed by atoms with E-state index < -0.39 is 5.97 Å². The molecule has 0 unspecified atom stereocenters. The number of hydrogen-bond acceptors (Lipinski definition) is 4. The third-order valence-corrected chi connectivity index (χ3v) is 3.05. The van der Waals surface area contributed by atoms with Crippen molar-refractivity contribution in [3.63, 3.8) is 0 Å². The van der Waals surface area contributed by atoms with Gasteiger partial charge in [0, 0.05) is 19.4 Å². The molecule has 0 spiro atoms. The number of carbonyl (C=O) groups is 1. The van der Waals surface area contributed by atoms with E-state index in [4.69, 9.17) is 38.4 Å². The number of benzene rings is 1. The Labute approximate surface area is 116 Å². The van der Waals surface area contributed by atoms with Gasteiger partial charge in [0.05, 0.1) is 22.2 Å². The number of rotatable bonds is 6. The summed E-state index contributed by atoms with van der Waals surface area (Å²) in [7, 11) is 1.63. The molecular formula is C12H15Cl2NO3. The van der Waals surface area contributed by atoms with Crippen LogP contribution in [0.3, 0.4) is 0 Å². The summed E-state index contributed by atoms with van der Waals surface area (Å²) in [4.78, 5) is 11.8. The maximum absolute atomic E-state index is 11.8. The summed E-state index contributed by atoms with van der Waals surface area (Å²) in [5.74, 6) is -0.522. The summed E-state index contributed by atoms with van der Waals surface area (Å²) in [5.41, 5.74) is 6.15. The van der Waals surface area contributed by atoms with Crippen LogP contribution in [0.4, 0.5) is 5.69 Å². The van der Waals surface area contributed by atoms with Crippen LogP contribution in [0.15, 0.2) is 12.1 Å². The van der Waals surface area contributed by atoms with Gasteiger partial charge in [0.2, 0.25) is 0 Å². The summed E-state index contributed by atoms with van der Waals surface area (Å²) >= 11 is 11.7. The summed E-state index contributed by atoms with van der Waals surface area (Å²) in [6.45, 7) is 0.952. The van der Waals surface area contributed by atoms with E-state index in [1.165, 1.54) is 12.1 Å². The molecule has 0 saturated carbocycles. The Morgan fingerprint density at radius 3 is 2.61 bits per heavy atom. The van der Waals surface area contributed by atoms with Crippen molar-refractivity contribution in [3.05, 3.63) is 27.7 Å². The second-order valence-corrected chi connectivity index (χ2v) is 4.49. The van der Waals surface area contributed by atoms with Crippen molar-refractivity contribution in [2.75, 3.05) is 26.1 Å². The van der Waals surface area contributed by atoms with E-state index in [2.05, 4.69) is 0 Å². The van der Waals surface area contributed by atoms with Gasteiger partial charge in [-0.15, -0.1) is 0 Å². The molecule has 4 nitrogen and oxygen atoms in total. The average Bonchev–Trinajstić information content (AvgIpc) is 2.33. The molecule has 1 aromatic rings. The molecule has 0 heterocycles. The van der Waals surface area contributed by atoms with Crippen LogP contribution in [0.2, 0.25) is 10.0 Å². The van der Waals surface area contributed by atoms with Crippen molar-refractivity contribution in [2.24, 2.45) is 0 Å². The number of nitrogens with two attached hydrogens (primary N) is 1.